The normalized spacial score (nSPS) is 10.9. The molecule has 0 aliphatic carbocycles. The van der Waals surface area contributed by atoms with Crippen LogP contribution in [0.1, 0.15) is 29.2 Å². The lowest BCUT2D eigenvalue weighted by molar-refractivity contribution is 0.212. The quantitative estimate of drug-likeness (QED) is 0.638. The molecule has 0 saturated heterocycles. The van der Waals surface area contributed by atoms with Crippen molar-refractivity contribution in [3.05, 3.63) is 74.0 Å². The fourth-order valence-corrected chi connectivity index (χ4v) is 3.50. The van der Waals surface area contributed by atoms with Gasteiger partial charge in [0.2, 0.25) is 5.56 Å². The van der Waals surface area contributed by atoms with Crippen LogP contribution in [-0.2, 0) is 6.54 Å². The van der Waals surface area contributed by atoms with Crippen LogP contribution in [0.3, 0.4) is 0 Å². The molecule has 5 nitrogen and oxygen atoms in total. The molecular formula is C22H24ClN3O2. The van der Waals surface area contributed by atoms with Crippen LogP contribution in [0.5, 0.6) is 0 Å². The minimum absolute atomic E-state index is 0.170. The maximum atomic E-state index is 12.8. The molecule has 1 aromatic heterocycles. The Balaban J connectivity index is 1.91. The fourth-order valence-electron chi connectivity index (χ4n) is 3.32. The Labute approximate surface area is 169 Å². The van der Waals surface area contributed by atoms with Gasteiger partial charge in [0, 0.05) is 35.3 Å². The number of nitrogens with one attached hydrogen (secondary N) is 2. The summed E-state index contributed by atoms with van der Waals surface area (Å²) in [7, 11) is 0. The first-order valence-corrected chi connectivity index (χ1v) is 9.61. The highest BCUT2D eigenvalue weighted by molar-refractivity contribution is 6.31. The number of aromatic amines is 1. The van der Waals surface area contributed by atoms with E-state index in [1.807, 2.05) is 52.0 Å². The highest BCUT2D eigenvalue weighted by Crippen LogP contribution is 2.23. The van der Waals surface area contributed by atoms with Gasteiger partial charge in [-0.15, -0.1) is 0 Å². The standard InChI is InChI=1S/C22H24ClN3O2/c1-5-26(22(28)24-17-7-6-14(3)19(23)11-17)12-16-10-20(27)25-21-15(4)8-13(2)9-18(16)21/h6-11H,5,12H2,1-4H3,(H,24,28)(H,25,27). The summed E-state index contributed by atoms with van der Waals surface area (Å²) in [5.74, 6) is 0. The van der Waals surface area contributed by atoms with Crippen LogP contribution < -0.4 is 10.9 Å². The molecule has 0 fully saturated rings. The van der Waals surface area contributed by atoms with Crippen molar-refractivity contribution in [2.24, 2.45) is 0 Å². The largest absolute Gasteiger partial charge is 0.322 e. The van der Waals surface area contributed by atoms with E-state index in [1.165, 1.54) is 0 Å². The van der Waals surface area contributed by atoms with Crippen molar-refractivity contribution < 1.29 is 4.79 Å². The summed E-state index contributed by atoms with van der Waals surface area (Å²) in [4.78, 5) is 29.5. The minimum atomic E-state index is -0.236. The number of benzene rings is 2. The second-order valence-corrected chi connectivity index (χ2v) is 7.48. The minimum Gasteiger partial charge on any atom is -0.322 e. The second kappa shape index (κ2) is 8.07. The molecule has 0 radical (unpaired) electrons. The topological polar surface area (TPSA) is 65.2 Å². The van der Waals surface area contributed by atoms with E-state index in [2.05, 4.69) is 10.3 Å². The lowest BCUT2D eigenvalue weighted by Gasteiger charge is -2.22. The van der Waals surface area contributed by atoms with Crippen molar-refractivity contribution in [2.45, 2.75) is 34.2 Å². The van der Waals surface area contributed by atoms with Crippen molar-refractivity contribution in [1.82, 2.24) is 9.88 Å². The predicted octanol–water partition coefficient (Wildman–Crippen LogP) is 5.16. The van der Waals surface area contributed by atoms with Crippen LogP contribution in [-0.4, -0.2) is 22.5 Å². The van der Waals surface area contributed by atoms with Crippen molar-refractivity contribution in [3.63, 3.8) is 0 Å². The van der Waals surface area contributed by atoms with E-state index in [-0.39, 0.29) is 11.6 Å². The second-order valence-electron chi connectivity index (χ2n) is 7.07. The first-order chi connectivity index (χ1) is 13.3. The van der Waals surface area contributed by atoms with Gasteiger partial charge in [0.15, 0.2) is 0 Å². The number of carbonyl (C=O) groups is 1. The molecule has 0 aliphatic rings. The Morgan fingerprint density at radius 3 is 2.54 bits per heavy atom. The van der Waals surface area contributed by atoms with Gasteiger partial charge in [-0.2, -0.15) is 0 Å². The van der Waals surface area contributed by atoms with Crippen LogP contribution in [0.4, 0.5) is 10.5 Å². The molecule has 1 heterocycles. The van der Waals surface area contributed by atoms with Gasteiger partial charge < -0.3 is 15.2 Å². The third-order valence-electron chi connectivity index (χ3n) is 4.83. The van der Waals surface area contributed by atoms with E-state index in [0.717, 1.165) is 33.2 Å². The molecule has 0 saturated carbocycles. The number of H-pyrrole nitrogens is 1. The smallest absolute Gasteiger partial charge is 0.322 e. The Bertz CT molecular complexity index is 1100. The number of nitrogens with zero attached hydrogens (tertiary/aromatic N) is 1. The first kappa shape index (κ1) is 20.0. The SMILES string of the molecule is CCN(Cc1cc(=O)[nH]c2c(C)cc(C)cc12)C(=O)Nc1ccc(C)c(Cl)c1. The number of hydrogen-bond donors (Lipinski definition) is 2. The van der Waals surface area contributed by atoms with Gasteiger partial charge in [-0.1, -0.05) is 29.3 Å². The molecule has 0 atom stereocenters. The maximum absolute atomic E-state index is 12.8. The molecular weight excluding hydrogens is 374 g/mol. The van der Waals surface area contributed by atoms with Crippen LogP contribution in [0.25, 0.3) is 10.9 Å². The van der Waals surface area contributed by atoms with E-state index in [9.17, 15) is 9.59 Å². The Hall–Kier alpha value is -2.79. The third kappa shape index (κ3) is 4.20. The zero-order valence-corrected chi connectivity index (χ0v) is 17.3. The van der Waals surface area contributed by atoms with Gasteiger partial charge in [0.25, 0.3) is 0 Å². The van der Waals surface area contributed by atoms with E-state index in [1.54, 1.807) is 17.0 Å². The molecule has 3 rings (SSSR count). The third-order valence-corrected chi connectivity index (χ3v) is 5.24. The average Bonchev–Trinajstić information content (AvgIpc) is 2.63. The van der Waals surface area contributed by atoms with Gasteiger partial charge in [-0.3, -0.25) is 4.79 Å². The Morgan fingerprint density at radius 2 is 1.86 bits per heavy atom. The summed E-state index contributed by atoms with van der Waals surface area (Å²) < 4.78 is 0. The van der Waals surface area contributed by atoms with E-state index < -0.39 is 0 Å². The molecule has 3 aromatic rings. The van der Waals surface area contributed by atoms with Crippen molar-refractivity contribution in [1.29, 1.82) is 0 Å². The van der Waals surface area contributed by atoms with Gasteiger partial charge in [-0.05, 0) is 62.6 Å². The summed E-state index contributed by atoms with van der Waals surface area (Å²) in [6.07, 6.45) is 0. The zero-order valence-electron chi connectivity index (χ0n) is 16.5. The number of anilines is 1. The maximum Gasteiger partial charge on any atom is 0.322 e. The van der Waals surface area contributed by atoms with Gasteiger partial charge in [-0.25, -0.2) is 4.79 Å². The molecule has 0 bridgehead atoms. The predicted molar refractivity (Wildman–Crippen MR) is 115 cm³/mol. The van der Waals surface area contributed by atoms with Crippen LogP contribution in [0.15, 0.2) is 41.2 Å². The van der Waals surface area contributed by atoms with Crippen molar-refractivity contribution >= 4 is 34.2 Å². The zero-order chi connectivity index (χ0) is 20.4. The van der Waals surface area contributed by atoms with E-state index in [4.69, 9.17) is 11.6 Å². The van der Waals surface area contributed by atoms with Crippen LogP contribution in [0, 0.1) is 20.8 Å². The molecule has 0 aliphatic heterocycles. The highest BCUT2D eigenvalue weighted by Gasteiger charge is 2.16. The van der Waals surface area contributed by atoms with Crippen molar-refractivity contribution in [3.8, 4) is 0 Å². The lowest BCUT2D eigenvalue weighted by atomic mass is 10.0. The fraction of sp³-hybridized carbons (Fsp3) is 0.273. The van der Waals surface area contributed by atoms with Crippen molar-refractivity contribution in [2.75, 3.05) is 11.9 Å². The summed E-state index contributed by atoms with van der Waals surface area (Å²) in [6, 6.07) is 10.8. The molecule has 2 aromatic carbocycles. The summed E-state index contributed by atoms with van der Waals surface area (Å²) >= 11 is 6.15. The molecule has 0 spiro atoms. The number of rotatable bonds is 4. The van der Waals surface area contributed by atoms with Crippen LogP contribution in [0.2, 0.25) is 5.02 Å². The number of amides is 2. The number of carbonyl (C=O) groups excluding carboxylic acids is 1. The lowest BCUT2D eigenvalue weighted by Crippen LogP contribution is -2.34. The van der Waals surface area contributed by atoms with Crippen LogP contribution >= 0.6 is 11.6 Å². The highest BCUT2D eigenvalue weighted by atomic mass is 35.5. The average molecular weight is 398 g/mol. The monoisotopic (exact) mass is 397 g/mol. The number of aryl methyl sites for hydroxylation is 3. The number of aromatic nitrogens is 1. The number of hydrogen-bond acceptors (Lipinski definition) is 2. The number of fused-ring (bicyclic) bond motifs is 1. The van der Waals surface area contributed by atoms with Gasteiger partial charge in [0.1, 0.15) is 0 Å². The van der Waals surface area contributed by atoms with Gasteiger partial charge in [0.05, 0.1) is 5.52 Å². The van der Waals surface area contributed by atoms with E-state index >= 15 is 0 Å². The summed E-state index contributed by atoms with van der Waals surface area (Å²) in [6.45, 7) is 8.66. The van der Waals surface area contributed by atoms with Gasteiger partial charge >= 0.3 is 6.03 Å². The molecule has 2 N–H and O–H groups in total. The molecule has 6 heteroatoms. The molecule has 28 heavy (non-hydrogen) atoms. The number of pyridine rings is 1. The molecule has 146 valence electrons. The summed E-state index contributed by atoms with van der Waals surface area (Å²) in [5.41, 5.74) is 5.18. The Kier molecular flexibility index (Phi) is 5.75. The number of halogens is 1. The van der Waals surface area contributed by atoms with E-state index in [0.29, 0.717) is 23.8 Å². The number of urea groups is 1. The molecule has 2 amide bonds. The summed E-state index contributed by atoms with van der Waals surface area (Å²) in [5, 5.41) is 4.45. The Morgan fingerprint density at radius 1 is 1.11 bits per heavy atom. The first-order valence-electron chi connectivity index (χ1n) is 9.23. The molecule has 0 unspecified atom stereocenters.